The summed E-state index contributed by atoms with van der Waals surface area (Å²) in [6.07, 6.45) is -0.721. The molecule has 1 aromatic carbocycles. The van der Waals surface area contributed by atoms with Crippen LogP contribution in [0.2, 0.25) is 0 Å². The predicted octanol–water partition coefficient (Wildman–Crippen LogP) is 1.25. The van der Waals surface area contributed by atoms with Gasteiger partial charge < -0.3 is 15.2 Å². The van der Waals surface area contributed by atoms with Gasteiger partial charge in [0, 0.05) is 10.6 Å². The Kier molecular flexibility index (Phi) is 8.63. The largest absolute Gasteiger partial charge is 0.467 e. The molecule has 0 aliphatic rings. The van der Waals surface area contributed by atoms with Crippen LogP contribution in [0.4, 0.5) is 0 Å². The standard InChI is InChI=1S/C17H25NO5S/c1-12(2)11-15(19)16(20)18-14(17(21)23-3)9-10-24(22)13-7-5-4-6-8-13/h4-8,12,14-15,19H,9-11H2,1-3H3,(H,18,20)/t14-,15-,24+/m0/s1. The van der Waals surface area contributed by atoms with Gasteiger partial charge in [-0.05, 0) is 30.9 Å². The zero-order chi connectivity index (χ0) is 18.1. The van der Waals surface area contributed by atoms with E-state index in [0.717, 1.165) is 0 Å². The van der Waals surface area contributed by atoms with Gasteiger partial charge in [-0.1, -0.05) is 32.0 Å². The SMILES string of the molecule is COC(=O)[C@H](CC[S@@](=O)c1ccccc1)NC(=O)[C@@H](O)CC(C)C. The number of aliphatic hydroxyl groups excluding tert-OH is 1. The molecule has 1 amide bonds. The Morgan fingerprint density at radius 1 is 1.25 bits per heavy atom. The van der Waals surface area contributed by atoms with Crippen LogP contribution < -0.4 is 5.32 Å². The van der Waals surface area contributed by atoms with E-state index in [9.17, 15) is 18.9 Å². The molecular formula is C17H25NO5S. The second-order valence-corrected chi connectivity index (χ2v) is 7.45. The highest BCUT2D eigenvalue weighted by Crippen LogP contribution is 2.09. The van der Waals surface area contributed by atoms with Crippen LogP contribution in [0.25, 0.3) is 0 Å². The number of amides is 1. The predicted molar refractivity (Wildman–Crippen MR) is 91.7 cm³/mol. The maximum atomic E-state index is 12.2. The van der Waals surface area contributed by atoms with E-state index in [2.05, 4.69) is 10.1 Å². The summed E-state index contributed by atoms with van der Waals surface area (Å²) in [6.45, 7) is 3.77. The Bertz CT molecular complexity index is 561. The number of rotatable bonds is 9. The molecule has 0 aliphatic carbocycles. The lowest BCUT2D eigenvalue weighted by Gasteiger charge is -2.19. The van der Waals surface area contributed by atoms with Crippen molar-refractivity contribution in [2.45, 2.75) is 43.7 Å². The van der Waals surface area contributed by atoms with Gasteiger partial charge in [-0.15, -0.1) is 0 Å². The minimum absolute atomic E-state index is 0.146. The normalized spacial score (nSPS) is 14.7. The molecule has 2 N–H and O–H groups in total. The fraction of sp³-hybridized carbons (Fsp3) is 0.529. The van der Waals surface area contributed by atoms with Crippen molar-refractivity contribution >= 4 is 22.7 Å². The molecule has 1 aromatic rings. The van der Waals surface area contributed by atoms with Crippen molar-refractivity contribution in [3.8, 4) is 0 Å². The number of esters is 1. The number of ether oxygens (including phenoxy) is 1. The van der Waals surface area contributed by atoms with Crippen molar-refractivity contribution < 1.29 is 23.6 Å². The van der Waals surface area contributed by atoms with E-state index in [4.69, 9.17) is 0 Å². The first-order valence-corrected chi connectivity index (χ1v) is 9.16. The highest BCUT2D eigenvalue weighted by atomic mass is 32.2. The zero-order valence-electron chi connectivity index (χ0n) is 14.2. The molecule has 6 nitrogen and oxygen atoms in total. The number of methoxy groups -OCH3 is 1. The summed E-state index contributed by atoms with van der Waals surface area (Å²) in [5, 5.41) is 12.3. The average molecular weight is 355 g/mol. The lowest BCUT2D eigenvalue weighted by atomic mass is 10.1. The molecule has 0 heterocycles. The molecule has 0 radical (unpaired) electrons. The van der Waals surface area contributed by atoms with E-state index in [1.807, 2.05) is 19.9 Å². The Balaban J connectivity index is 2.64. The second kappa shape index (κ2) is 10.2. The summed E-state index contributed by atoms with van der Waals surface area (Å²) < 4.78 is 16.9. The first-order chi connectivity index (χ1) is 11.3. The topological polar surface area (TPSA) is 92.7 Å². The minimum atomic E-state index is -1.28. The molecule has 24 heavy (non-hydrogen) atoms. The molecular weight excluding hydrogens is 330 g/mol. The molecule has 0 aromatic heterocycles. The fourth-order valence-corrected chi connectivity index (χ4v) is 3.27. The van der Waals surface area contributed by atoms with Gasteiger partial charge >= 0.3 is 5.97 Å². The molecule has 3 atom stereocenters. The first-order valence-electron chi connectivity index (χ1n) is 7.84. The highest BCUT2D eigenvalue weighted by Gasteiger charge is 2.26. The third kappa shape index (κ3) is 6.80. The van der Waals surface area contributed by atoms with Gasteiger partial charge in [0.15, 0.2) is 0 Å². The van der Waals surface area contributed by atoms with Crippen LogP contribution in [-0.2, 0) is 25.1 Å². The molecule has 0 bridgehead atoms. The quantitative estimate of drug-likeness (QED) is 0.650. The number of nitrogens with one attached hydrogen (secondary N) is 1. The summed E-state index contributed by atoms with van der Waals surface area (Å²) in [7, 11) is -0.0563. The lowest BCUT2D eigenvalue weighted by molar-refractivity contribution is -0.146. The van der Waals surface area contributed by atoms with Gasteiger partial charge in [0.2, 0.25) is 5.91 Å². The summed E-state index contributed by atoms with van der Waals surface area (Å²) in [4.78, 5) is 24.5. The van der Waals surface area contributed by atoms with Gasteiger partial charge in [0.1, 0.15) is 12.1 Å². The third-order valence-electron chi connectivity index (χ3n) is 3.40. The van der Waals surface area contributed by atoms with Crippen LogP contribution in [0, 0.1) is 5.92 Å². The molecule has 1 rings (SSSR count). The summed E-state index contributed by atoms with van der Waals surface area (Å²) >= 11 is 0. The lowest BCUT2D eigenvalue weighted by Crippen LogP contribution is -2.46. The van der Waals surface area contributed by atoms with Gasteiger partial charge in [0.25, 0.3) is 0 Å². The van der Waals surface area contributed by atoms with Crippen LogP contribution in [0.5, 0.6) is 0 Å². The Morgan fingerprint density at radius 3 is 2.42 bits per heavy atom. The van der Waals surface area contributed by atoms with Gasteiger partial charge in [-0.3, -0.25) is 9.00 Å². The van der Waals surface area contributed by atoms with E-state index in [-0.39, 0.29) is 18.1 Å². The van der Waals surface area contributed by atoms with Crippen LogP contribution >= 0.6 is 0 Å². The van der Waals surface area contributed by atoms with Crippen molar-refractivity contribution in [2.75, 3.05) is 12.9 Å². The zero-order valence-corrected chi connectivity index (χ0v) is 15.0. The van der Waals surface area contributed by atoms with Crippen molar-refractivity contribution in [1.82, 2.24) is 5.32 Å². The van der Waals surface area contributed by atoms with Crippen LogP contribution in [0.1, 0.15) is 26.7 Å². The van der Waals surface area contributed by atoms with Gasteiger partial charge in [0.05, 0.1) is 17.9 Å². The van der Waals surface area contributed by atoms with E-state index in [0.29, 0.717) is 11.3 Å². The van der Waals surface area contributed by atoms with Crippen molar-refractivity contribution in [3.63, 3.8) is 0 Å². The molecule has 134 valence electrons. The highest BCUT2D eigenvalue weighted by molar-refractivity contribution is 7.85. The molecule has 0 saturated carbocycles. The molecule has 0 saturated heterocycles. The Labute approximate surface area is 145 Å². The van der Waals surface area contributed by atoms with E-state index < -0.39 is 34.8 Å². The molecule has 0 unspecified atom stereocenters. The summed E-state index contributed by atoms with van der Waals surface area (Å²) in [5.41, 5.74) is 0. The number of carbonyl (C=O) groups is 2. The van der Waals surface area contributed by atoms with Crippen molar-refractivity contribution in [3.05, 3.63) is 30.3 Å². The summed E-state index contributed by atoms with van der Waals surface area (Å²) in [6, 6.07) is 7.96. The first kappa shape index (κ1) is 20.3. The average Bonchev–Trinajstić information content (AvgIpc) is 2.57. The molecule has 0 aliphatic heterocycles. The fourth-order valence-electron chi connectivity index (χ4n) is 2.13. The number of aliphatic hydroxyl groups is 1. The summed E-state index contributed by atoms with van der Waals surface area (Å²) in [5.74, 6) is -0.896. The maximum Gasteiger partial charge on any atom is 0.328 e. The number of hydrogen-bond donors (Lipinski definition) is 2. The third-order valence-corrected chi connectivity index (χ3v) is 4.80. The van der Waals surface area contributed by atoms with Gasteiger partial charge in [-0.2, -0.15) is 0 Å². The van der Waals surface area contributed by atoms with E-state index in [1.165, 1.54) is 7.11 Å². The van der Waals surface area contributed by atoms with E-state index >= 15 is 0 Å². The Morgan fingerprint density at radius 2 is 1.88 bits per heavy atom. The minimum Gasteiger partial charge on any atom is -0.467 e. The van der Waals surface area contributed by atoms with Gasteiger partial charge in [-0.25, -0.2) is 4.79 Å². The Hall–Kier alpha value is -1.73. The second-order valence-electron chi connectivity index (χ2n) is 5.88. The van der Waals surface area contributed by atoms with Crippen LogP contribution in [-0.4, -0.2) is 46.2 Å². The smallest absolute Gasteiger partial charge is 0.328 e. The molecule has 7 heteroatoms. The molecule has 0 spiro atoms. The van der Waals surface area contributed by atoms with Crippen LogP contribution in [0.15, 0.2) is 35.2 Å². The number of hydrogen-bond acceptors (Lipinski definition) is 5. The van der Waals surface area contributed by atoms with Crippen molar-refractivity contribution in [2.24, 2.45) is 5.92 Å². The maximum absolute atomic E-state index is 12.2. The number of carbonyl (C=O) groups excluding carboxylic acids is 2. The monoisotopic (exact) mass is 355 g/mol. The molecule has 0 fully saturated rings. The number of benzene rings is 1. The van der Waals surface area contributed by atoms with Crippen molar-refractivity contribution in [1.29, 1.82) is 0 Å². The van der Waals surface area contributed by atoms with E-state index in [1.54, 1.807) is 24.3 Å². The van der Waals surface area contributed by atoms with Crippen LogP contribution in [0.3, 0.4) is 0 Å².